The SMILES string of the molecule is CCCN1CCN(c2ccnc(CNC)c2)CC1. The number of nitrogens with zero attached hydrogens (tertiary/aromatic N) is 3. The average Bonchev–Trinajstić information content (AvgIpc) is 2.41. The normalized spacial score (nSPS) is 17.1. The molecule has 1 aliphatic rings. The lowest BCUT2D eigenvalue weighted by atomic mass is 10.2. The molecule has 1 aromatic heterocycles. The highest BCUT2D eigenvalue weighted by Crippen LogP contribution is 2.16. The van der Waals surface area contributed by atoms with Gasteiger partial charge in [-0.25, -0.2) is 0 Å². The van der Waals surface area contributed by atoms with Crippen molar-refractivity contribution in [2.24, 2.45) is 0 Å². The predicted octanol–water partition coefficient (Wildman–Crippen LogP) is 1.33. The summed E-state index contributed by atoms with van der Waals surface area (Å²) in [5.74, 6) is 0. The van der Waals surface area contributed by atoms with E-state index in [1.165, 1.54) is 31.7 Å². The quantitative estimate of drug-likeness (QED) is 0.852. The van der Waals surface area contributed by atoms with Crippen LogP contribution in [0.5, 0.6) is 0 Å². The largest absolute Gasteiger partial charge is 0.369 e. The predicted molar refractivity (Wildman–Crippen MR) is 75.9 cm³/mol. The Labute approximate surface area is 110 Å². The van der Waals surface area contributed by atoms with E-state index < -0.39 is 0 Å². The molecule has 100 valence electrons. The van der Waals surface area contributed by atoms with Crippen LogP contribution < -0.4 is 10.2 Å². The summed E-state index contributed by atoms with van der Waals surface area (Å²) in [6.45, 7) is 8.93. The van der Waals surface area contributed by atoms with E-state index in [0.717, 1.165) is 25.3 Å². The molecule has 0 spiro atoms. The van der Waals surface area contributed by atoms with Crippen molar-refractivity contribution in [3.63, 3.8) is 0 Å². The number of pyridine rings is 1. The second-order valence-electron chi connectivity index (χ2n) is 4.86. The zero-order chi connectivity index (χ0) is 12.8. The highest BCUT2D eigenvalue weighted by atomic mass is 15.3. The molecule has 1 aliphatic heterocycles. The number of anilines is 1. The van der Waals surface area contributed by atoms with E-state index in [9.17, 15) is 0 Å². The number of rotatable bonds is 5. The zero-order valence-electron chi connectivity index (χ0n) is 11.5. The lowest BCUT2D eigenvalue weighted by Gasteiger charge is -2.36. The number of hydrogen-bond acceptors (Lipinski definition) is 4. The fourth-order valence-corrected chi connectivity index (χ4v) is 2.49. The van der Waals surface area contributed by atoms with Gasteiger partial charge in [-0.05, 0) is 32.1 Å². The summed E-state index contributed by atoms with van der Waals surface area (Å²) in [7, 11) is 1.96. The molecule has 0 atom stereocenters. The minimum absolute atomic E-state index is 0.837. The molecule has 0 unspecified atom stereocenters. The molecule has 4 heteroatoms. The van der Waals surface area contributed by atoms with Gasteiger partial charge in [-0.15, -0.1) is 0 Å². The maximum atomic E-state index is 4.37. The van der Waals surface area contributed by atoms with Crippen LogP contribution in [-0.4, -0.2) is 49.7 Å². The summed E-state index contributed by atoms with van der Waals surface area (Å²) in [5, 5.41) is 3.15. The van der Waals surface area contributed by atoms with Crippen molar-refractivity contribution in [2.45, 2.75) is 19.9 Å². The average molecular weight is 248 g/mol. The molecular weight excluding hydrogens is 224 g/mol. The summed E-state index contributed by atoms with van der Waals surface area (Å²) in [6, 6.07) is 4.32. The number of hydrogen-bond donors (Lipinski definition) is 1. The van der Waals surface area contributed by atoms with Gasteiger partial charge in [-0.1, -0.05) is 6.92 Å². The van der Waals surface area contributed by atoms with E-state index >= 15 is 0 Å². The van der Waals surface area contributed by atoms with E-state index in [2.05, 4.69) is 39.2 Å². The first-order valence-corrected chi connectivity index (χ1v) is 6.90. The molecule has 0 saturated carbocycles. The Morgan fingerprint density at radius 3 is 2.72 bits per heavy atom. The second-order valence-corrected chi connectivity index (χ2v) is 4.86. The van der Waals surface area contributed by atoms with E-state index in [0.29, 0.717) is 0 Å². The van der Waals surface area contributed by atoms with Crippen LogP contribution in [0.25, 0.3) is 0 Å². The van der Waals surface area contributed by atoms with Crippen LogP contribution >= 0.6 is 0 Å². The van der Waals surface area contributed by atoms with Crippen LogP contribution in [0.4, 0.5) is 5.69 Å². The van der Waals surface area contributed by atoms with Crippen molar-refractivity contribution in [3.05, 3.63) is 24.0 Å². The van der Waals surface area contributed by atoms with Crippen molar-refractivity contribution in [1.82, 2.24) is 15.2 Å². The molecule has 18 heavy (non-hydrogen) atoms. The van der Waals surface area contributed by atoms with Gasteiger partial charge in [-0.2, -0.15) is 0 Å². The van der Waals surface area contributed by atoms with Crippen LogP contribution in [0.1, 0.15) is 19.0 Å². The first-order valence-electron chi connectivity index (χ1n) is 6.90. The first-order chi connectivity index (χ1) is 8.83. The molecule has 0 aromatic carbocycles. The lowest BCUT2D eigenvalue weighted by Crippen LogP contribution is -2.46. The molecule has 0 bridgehead atoms. The maximum Gasteiger partial charge on any atom is 0.0562 e. The van der Waals surface area contributed by atoms with Crippen molar-refractivity contribution in [1.29, 1.82) is 0 Å². The molecule has 0 radical (unpaired) electrons. The van der Waals surface area contributed by atoms with E-state index in [-0.39, 0.29) is 0 Å². The molecule has 1 aromatic rings. The smallest absolute Gasteiger partial charge is 0.0562 e. The Kier molecular flexibility index (Phi) is 4.96. The number of aromatic nitrogens is 1. The summed E-state index contributed by atoms with van der Waals surface area (Å²) in [6.07, 6.45) is 3.17. The summed E-state index contributed by atoms with van der Waals surface area (Å²) >= 11 is 0. The Morgan fingerprint density at radius 1 is 1.28 bits per heavy atom. The molecule has 1 fully saturated rings. The Hall–Kier alpha value is -1.13. The van der Waals surface area contributed by atoms with Crippen molar-refractivity contribution >= 4 is 5.69 Å². The number of piperazine rings is 1. The highest BCUT2D eigenvalue weighted by Gasteiger charge is 2.16. The molecular formula is C14H24N4. The maximum absolute atomic E-state index is 4.37. The standard InChI is InChI=1S/C14H24N4/c1-3-6-17-7-9-18(10-8-17)14-4-5-16-13(11-14)12-15-2/h4-5,11,15H,3,6-10,12H2,1-2H3. The van der Waals surface area contributed by atoms with Gasteiger partial charge in [0.15, 0.2) is 0 Å². The zero-order valence-corrected chi connectivity index (χ0v) is 11.5. The second kappa shape index (κ2) is 6.71. The topological polar surface area (TPSA) is 31.4 Å². The van der Waals surface area contributed by atoms with Crippen molar-refractivity contribution in [3.8, 4) is 0 Å². The third-order valence-corrected chi connectivity index (χ3v) is 3.44. The van der Waals surface area contributed by atoms with Gasteiger partial charge in [-0.3, -0.25) is 9.88 Å². The van der Waals surface area contributed by atoms with Gasteiger partial charge in [0.2, 0.25) is 0 Å². The van der Waals surface area contributed by atoms with Crippen molar-refractivity contribution in [2.75, 3.05) is 44.7 Å². The highest BCUT2D eigenvalue weighted by molar-refractivity contribution is 5.47. The van der Waals surface area contributed by atoms with Crippen LogP contribution in [0.3, 0.4) is 0 Å². The summed E-state index contributed by atoms with van der Waals surface area (Å²) in [4.78, 5) is 9.38. The van der Waals surface area contributed by atoms with Gasteiger partial charge >= 0.3 is 0 Å². The number of nitrogens with one attached hydrogen (secondary N) is 1. The van der Waals surface area contributed by atoms with Crippen molar-refractivity contribution < 1.29 is 0 Å². The Balaban J connectivity index is 1.94. The van der Waals surface area contributed by atoms with Gasteiger partial charge in [0.25, 0.3) is 0 Å². The van der Waals surface area contributed by atoms with E-state index in [1.807, 2.05) is 13.2 Å². The molecule has 1 N–H and O–H groups in total. The van der Waals surface area contributed by atoms with Crippen LogP contribution in [0.2, 0.25) is 0 Å². The summed E-state index contributed by atoms with van der Waals surface area (Å²) < 4.78 is 0. The third kappa shape index (κ3) is 3.43. The Morgan fingerprint density at radius 2 is 2.06 bits per heavy atom. The van der Waals surface area contributed by atoms with Crippen LogP contribution in [0, 0.1) is 0 Å². The van der Waals surface area contributed by atoms with Gasteiger partial charge < -0.3 is 10.2 Å². The lowest BCUT2D eigenvalue weighted by molar-refractivity contribution is 0.258. The van der Waals surface area contributed by atoms with Gasteiger partial charge in [0, 0.05) is 44.6 Å². The molecule has 2 rings (SSSR count). The first kappa shape index (κ1) is 13.3. The third-order valence-electron chi connectivity index (χ3n) is 3.44. The molecule has 0 aliphatic carbocycles. The van der Waals surface area contributed by atoms with Gasteiger partial charge in [0.05, 0.1) is 5.69 Å². The molecule has 2 heterocycles. The van der Waals surface area contributed by atoms with Crippen LogP contribution in [-0.2, 0) is 6.54 Å². The molecule has 1 saturated heterocycles. The minimum atomic E-state index is 0.837. The minimum Gasteiger partial charge on any atom is -0.369 e. The summed E-state index contributed by atoms with van der Waals surface area (Å²) in [5.41, 5.74) is 2.43. The Bertz CT molecular complexity index is 359. The monoisotopic (exact) mass is 248 g/mol. The molecule has 0 amide bonds. The fourth-order valence-electron chi connectivity index (χ4n) is 2.49. The molecule has 4 nitrogen and oxygen atoms in total. The van der Waals surface area contributed by atoms with Gasteiger partial charge in [0.1, 0.15) is 0 Å². The van der Waals surface area contributed by atoms with E-state index in [4.69, 9.17) is 0 Å². The van der Waals surface area contributed by atoms with Crippen LogP contribution in [0.15, 0.2) is 18.3 Å². The fraction of sp³-hybridized carbons (Fsp3) is 0.643. The van der Waals surface area contributed by atoms with E-state index in [1.54, 1.807) is 0 Å².